The van der Waals surface area contributed by atoms with Crippen LogP contribution in [0, 0.1) is 11.8 Å². The fourth-order valence-corrected chi connectivity index (χ4v) is 10.8. The second-order valence-electron chi connectivity index (χ2n) is 18.4. The molecule has 2 amide bonds. The van der Waals surface area contributed by atoms with Crippen LogP contribution < -0.4 is 42.6 Å². The molecule has 0 spiro atoms. The molecule has 2 aromatic carbocycles. The lowest BCUT2D eigenvalue weighted by Crippen LogP contribution is -2.68. The fourth-order valence-electron chi connectivity index (χ4n) is 10.8. The monoisotopic (exact) mass is 984 g/mol. The fraction of sp³-hybridized carbons (Fsp3) is 0.449. The van der Waals surface area contributed by atoms with Crippen molar-refractivity contribution in [1.29, 1.82) is 0 Å². The second kappa shape index (κ2) is 20.6. The Morgan fingerprint density at radius 3 is 2.41 bits per heavy atom. The molecular weight excluding hydrogens is 925 g/mol. The van der Waals surface area contributed by atoms with Gasteiger partial charge in [0.2, 0.25) is 12.1 Å². The molecule has 0 radical (unpaired) electrons. The summed E-state index contributed by atoms with van der Waals surface area (Å²) < 4.78 is 17.8. The van der Waals surface area contributed by atoms with Gasteiger partial charge in [0.1, 0.15) is 41.2 Å². The lowest BCUT2D eigenvalue weighted by Gasteiger charge is -2.49. The SMILES string of the molecule is CN=C(N)N[C@@H]1CC[C@H]([C@H](CCCO)C2=CNC(N)C=C2)c2cc3c(c(O)c21)C(=O)c1c(O[C@@H]2O[C@H](CO)[C@](O)(C[C@H](CN4C(=O)C=CC4=O)C4=CCNC(N)=C4)[C@H](O)[C@H]2O)cc(OC)c(CO)c1C3=O. The maximum absolute atomic E-state index is 15.2. The predicted molar refractivity (Wildman–Crippen MR) is 253 cm³/mol. The van der Waals surface area contributed by atoms with Crippen molar-refractivity contribution in [2.75, 3.05) is 40.5 Å². The smallest absolute Gasteiger partial charge is 0.253 e. The number of nitrogens with zero attached hydrogens (tertiary/aromatic N) is 2. The van der Waals surface area contributed by atoms with E-state index in [2.05, 4.69) is 20.9 Å². The summed E-state index contributed by atoms with van der Waals surface area (Å²) in [4.78, 5) is 60.6. The molecule has 16 N–H and O–H groups in total. The first-order valence-electron chi connectivity index (χ1n) is 23.3. The molecule has 71 heavy (non-hydrogen) atoms. The number of phenolic OH excluding ortho intramolecular Hbond substituents is 1. The zero-order valence-corrected chi connectivity index (χ0v) is 39.1. The van der Waals surface area contributed by atoms with Crippen molar-refractivity contribution in [2.24, 2.45) is 34.0 Å². The molecule has 0 aromatic heterocycles. The molecule has 1 saturated heterocycles. The predicted octanol–water partition coefficient (Wildman–Crippen LogP) is -1.35. The Labute approximate surface area is 407 Å². The van der Waals surface area contributed by atoms with Gasteiger partial charge in [-0.25, -0.2) is 0 Å². The highest BCUT2D eigenvalue weighted by Crippen LogP contribution is 2.53. The molecular formula is C49H60N8O14. The van der Waals surface area contributed by atoms with Gasteiger partial charge in [-0.05, 0) is 78.9 Å². The standard InChI is InChI=1S/C49H60N8O14/c1-53-48(52)56-30-7-6-26(25(4-3-13-58)23-5-8-34(50)55-18-23)27-15-28-40(43(64)38(27)30)44(65)41-32(16-31(69-2)29(20-59)39(41)42(28)63)70-47-45(66)46(67)49(68,33(21-60)71-47)17-24(22-11-12-54-35(51)14-22)19-57-36(61)9-10-37(57)62/h5,8-11,14-16,18,24-26,30,33-34,45-47,54-55,58-60,64,66-68H,3-4,6-7,12-13,17,19-21,50-51H2,1-2H3,(H3,52,53,56)/t24-,25-,26-,30-,33-,34?,45-,46-,47-,49-/m1/s1. The third-order valence-corrected chi connectivity index (χ3v) is 14.3. The number of amides is 2. The van der Waals surface area contributed by atoms with Crippen LogP contribution in [0.5, 0.6) is 17.2 Å². The lowest BCUT2D eigenvalue weighted by molar-refractivity contribution is -0.316. The quantitative estimate of drug-likeness (QED) is 0.0448. The molecule has 0 saturated carbocycles. The third-order valence-electron chi connectivity index (χ3n) is 14.3. The lowest BCUT2D eigenvalue weighted by atomic mass is 9.67. The molecule has 10 atom stereocenters. The molecule has 4 aliphatic heterocycles. The molecule has 2 aliphatic carbocycles. The molecule has 2 aromatic rings. The van der Waals surface area contributed by atoms with Crippen molar-refractivity contribution in [3.05, 3.63) is 111 Å². The summed E-state index contributed by atoms with van der Waals surface area (Å²) in [6, 6.07) is 2.02. The largest absolute Gasteiger partial charge is 0.507 e. The van der Waals surface area contributed by atoms with Crippen LogP contribution in [0.4, 0.5) is 0 Å². The van der Waals surface area contributed by atoms with Gasteiger partial charge in [0.05, 0.1) is 49.5 Å². The topological polar surface area (TPSA) is 367 Å². The number of methoxy groups -OCH3 is 1. The summed E-state index contributed by atoms with van der Waals surface area (Å²) in [6.45, 7) is -1.91. The number of carbonyl (C=O) groups excluding carboxylic acids is 4. The van der Waals surface area contributed by atoms with Gasteiger partial charge in [-0.15, -0.1) is 0 Å². The van der Waals surface area contributed by atoms with Crippen molar-refractivity contribution in [3.8, 4) is 17.2 Å². The van der Waals surface area contributed by atoms with Crippen LogP contribution in [-0.2, 0) is 20.9 Å². The van der Waals surface area contributed by atoms with E-state index in [1.807, 2.05) is 6.08 Å². The minimum absolute atomic E-state index is 0.0448. The van der Waals surface area contributed by atoms with E-state index >= 15 is 9.59 Å². The van der Waals surface area contributed by atoms with Crippen LogP contribution in [0.25, 0.3) is 0 Å². The van der Waals surface area contributed by atoms with E-state index in [9.17, 15) is 45.3 Å². The van der Waals surface area contributed by atoms with Gasteiger partial charge in [-0.2, -0.15) is 0 Å². The number of guanidine groups is 1. The molecule has 22 nitrogen and oxygen atoms in total. The number of nitrogens with two attached hydrogens (primary N) is 3. The van der Waals surface area contributed by atoms with E-state index in [1.165, 1.54) is 20.2 Å². The first-order valence-corrected chi connectivity index (χ1v) is 23.3. The molecule has 22 heteroatoms. The highest BCUT2D eigenvalue weighted by molar-refractivity contribution is 6.31. The maximum Gasteiger partial charge on any atom is 0.253 e. The van der Waals surface area contributed by atoms with E-state index in [-0.39, 0.29) is 71.3 Å². The molecule has 4 heterocycles. The van der Waals surface area contributed by atoms with Crippen molar-refractivity contribution in [2.45, 2.75) is 87.0 Å². The summed E-state index contributed by atoms with van der Waals surface area (Å²) in [7, 11) is 2.72. The van der Waals surface area contributed by atoms with Gasteiger partial charge in [0, 0.05) is 79.3 Å². The number of fused-ring (bicyclic) bond motifs is 3. The van der Waals surface area contributed by atoms with Crippen LogP contribution in [0.15, 0.2) is 76.7 Å². The molecule has 1 fully saturated rings. The van der Waals surface area contributed by atoms with E-state index < -0.39 is 114 Å². The van der Waals surface area contributed by atoms with Gasteiger partial charge in [0.15, 0.2) is 11.7 Å². The number of aliphatic imine (C=N–C) groups is 1. The Morgan fingerprint density at radius 2 is 1.77 bits per heavy atom. The Bertz CT molecular complexity index is 2660. The number of dihydropyridines is 2. The van der Waals surface area contributed by atoms with Gasteiger partial charge in [0.25, 0.3) is 11.8 Å². The molecule has 8 rings (SSSR count). The van der Waals surface area contributed by atoms with E-state index in [0.717, 1.165) is 28.7 Å². The van der Waals surface area contributed by atoms with Crippen molar-refractivity contribution >= 4 is 29.3 Å². The minimum atomic E-state index is -2.49. The zero-order chi connectivity index (χ0) is 51.1. The van der Waals surface area contributed by atoms with Gasteiger partial charge in [-0.1, -0.05) is 12.2 Å². The van der Waals surface area contributed by atoms with E-state index in [1.54, 1.807) is 24.4 Å². The highest BCUT2D eigenvalue weighted by Gasteiger charge is 2.57. The minimum Gasteiger partial charge on any atom is -0.507 e. The number of aromatic hydroxyl groups is 1. The number of aliphatic hydroxyl groups excluding tert-OH is 5. The van der Waals surface area contributed by atoms with Crippen LogP contribution in [-0.4, -0.2) is 147 Å². The Hall–Kier alpha value is -6.63. The van der Waals surface area contributed by atoms with Crippen molar-refractivity contribution in [1.82, 2.24) is 20.9 Å². The Balaban J connectivity index is 1.19. The van der Waals surface area contributed by atoms with Crippen molar-refractivity contribution < 1.29 is 69.1 Å². The van der Waals surface area contributed by atoms with Crippen molar-refractivity contribution in [3.63, 3.8) is 0 Å². The average Bonchev–Trinajstić information content (AvgIpc) is 3.68. The van der Waals surface area contributed by atoms with Gasteiger partial charge < -0.3 is 83.1 Å². The zero-order valence-electron chi connectivity index (χ0n) is 39.1. The van der Waals surface area contributed by atoms with Crippen LogP contribution in [0.2, 0.25) is 0 Å². The number of benzene rings is 2. The van der Waals surface area contributed by atoms with Gasteiger partial charge in [-0.3, -0.25) is 29.1 Å². The van der Waals surface area contributed by atoms with Crippen LogP contribution in [0.3, 0.4) is 0 Å². The number of imide groups is 1. The second-order valence-corrected chi connectivity index (χ2v) is 18.4. The van der Waals surface area contributed by atoms with Crippen LogP contribution >= 0.6 is 0 Å². The number of aliphatic hydroxyl groups is 6. The van der Waals surface area contributed by atoms with Crippen LogP contribution in [0.1, 0.15) is 92.6 Å². The third kappa shape index (κ3) is 9.28. The molecule has 1 unspecified atom stereocenters. The summed E-state index contributed by atoms with van der Waals surface area (Å²) >= 11 is 0. The summed E-state index contributed by atoms with van der Waals surface area (Å²) in [5, 5.41) is 89.0. The Morgan fingerprint density at radius 1 is 1.03 bits per heavy atom. The summed E-state index contributed by atoms with van der Waals surface area (Å²) in [6.07, 6.45) is 3.81. The first-order chi connectivity index (χ1) is 34.0. The molecule has 380 valence electrons. The number of hydrogen-bond acceptors (Lipinski definition) is 19. The number of nitrogens with one attached hydrogen (secondary N) is 3. The van der Waals surface area contributed by atoms with E-state index in [4.69, 9.17) is 31.4 Å². The molecule has 0 bridgehead atoms. The first kappa shape index (κ1) is 50.7. The highest BCUT2D eigenvalue weighted by atomic mass is 16.7. The number of rotatable bonds is 16. The normalized spacial score (nSPS) is 27.9. The number of hydrogen-bond donors (Lipinski definition) is 13. The number of carbonyl (C=O) groups is 4. The summed E-state index contributed by atoms with van der Waals surface area (Å²) in [5.41, 5.74) is 16.5. The molecule has 6 aliphatic rings. The number of ether oxygens (including phenoxy) is 3. The van der Waals surface area contributed by atoms with Gasteiger partial charge >= 0.3 is 0 Å². The average molecular weight is 985 g/mol. The number of allylic oxidation sites excluding steroid dienone is 3. The van der Waals surface area contributed by atoms with E-state index in [0.29, 0.717) is 36.8 Å². The maximum atomic E-state index is 15.2. The number of ketones is 2. The summed E-state index contributed by atoms with van der Waals surface area (Å²) in [5.74, 6) is -5.35. The Kier molecular flexibility index (Phi) is 14.7. The number of phenols is 1.